The fourth-order valence-electron chi connectivity index (χ4n) is 3.04. The Morgan fingerprint density at radius 1 is 1.50 bits per heavy atom. The van der Waals surface area contributed by atoms with Gasteiger partial charge in [0, 0.05) is 18.8 Å². The van der Waals surface area contributed by atoms with Crippen LogP contribution in [0, 0.1) is 6.92 Å². The maximum Gasteiger partial charge on any atom is 0.271 e. The van der Waals surface area contributed by atoms with Crippen molar-refractivity contribution in [1.29, 1.82) is 0 Å². The number of nitrogens with zero attached hydrogens (tertiary/aromatic N) is 2. The van der Waals surface area contributed by atoms with E-state index in [0.29, 0.717) is 18.7 Å². The van der Waals surface area contributed by atoms with Crippen LogP contribution in [0.1, 0.15) is 41.5 Å². The normalized spacial score (nSPS) is 27.1. The summed E-state index contributed by atoms with van der Waals surface area (Å²) in [5.41, 5.74) is 1.14. The largest absolute Gasteiger partial charge is 0.376 e. The Morgan fingerprint density at radius 2 is 2.32 bits per heavy atom. The first-order valence-corrected chi connectivity index (χ1v) is 9.43. The minimum atomic E-state index is -2.97. The predicted octanol–water partition coefficient (Wildman–Crippen LogP) is 0.460. The summed E-state index contributed by atoms with van der Waals surface area (Å²) >= 11 is 0. The van der Waals surface area contributed by atoms with Crippen LogP contribution in [-0.2, 0) is 14.6 Å². The van der Waals surface area contributed by atoms with Crippen molar-refractivity contribution >= 4 is 15.7 Å². The van der Waals surface area contributed by atoms with Gasteiger partial charge in [-0.1, -0.05) is 0 Å². The molecule has 1 N–H and O–H groups in total. The molecule has 3 rings (SSSR count). The van der Waals surface area contributed by atoms with Gasteiger partial charge in [-0.2, -0.15) is 5.10 Å². The quantitative estimate of drug-likeness (QED) is 0.867. The first kappa shape index (κ1) is 15.5. The third kappa shape index (κ3) is 3.33. The molecule has 0 aliphatic carbocycles. The van der Waals surface area contributed by atoms with Crippen LogP contribution in [0.25, 0.3) is 0 Å². The molecule has 0 spiro atoms. The highest BCUT2D eigenvalue weighted by atomic mass is 32.2. The minimum absolute atomic E-state index is 0.0899. The number of amides is 1. The standard InChI is InChI=1S/C14H21N3O4S/c1-10-7-13(14(18)15-8-12-3-2-5-21-12)16-17(10)11-4-6-22(19,20)9-11/h7,11-12H,2-6,8-9H2,1H3,(H,15,18). The second-order valence-corrected chi connectivity index (χ2v) is 8.25. The summed E-state index contributed by atoms with van der Waals surface area (Å²) in [7, 11) is -2.97. The first-order chi connectivity index (χ1) is 10.4. The third-order valence-electron chi connectivity index (χ3n) is 4.22. The summed E-state index contributed by atoms with van der Waals surface area (Å²) < 4.78 is 30.3. The van der Waals surface area contributed by atoms with Crippen LogP contribution in [0.2, 0.25) is 0 Å². The number of carbonyl (C=O) groups excluding carboxylic acids is 1. The van der Waals surface area contributed by atoms with Gasteiger partial charge in [0.05, 0.1) is 23.7 Å². The zero-order valence-electron chi connectivity index (χ0n) is 12.6. The number of ether oxygens (including phenoxy) is 1. The molecule has 22 heavy (non-hydrogen) atoms. The Balaban J connectivity index is 1.65. The molecule has 8 heteroatoms. The van der Waals surface area contributed by atoms with Crippen molar-refractivity contribution < 1.29 is 17.9 Å². The number of sulfone groups is 1. The average Bonchev–Trinajstić information content (AvgIpc) is 3.16. The summed E-state index contributed by atoms with van der Waals surface area (Å²) in [6.45, 7) is 3.09. The van der Waals surface area contributed by atoms with Crippen LogP contribution in [0.5, 0.6) is 0 Å². The number of carbonyl (C=O) groups is 1. The van der Waals surface area contributed by atoms with Gasteiger partial charge in [0.15, 0.2) is 9.84 Å². The highest BCUT2D eigenvalue weighted by Crippen LogP contribution is 2.24. The molecule has 0 radical (unpaired) electrons. The van der Waals surface area contributed by atoms with E-state index in [-0.39, 0.29) is 29.6 Å². The number of nitrogens with one attached hydrogen (secondary N) is 1. The molecule has 1 aromatic heterocycles. The van der Waals surface area contributed by atoms with Crippen molar-refractivity contribution in [3.63, 3.8) is 0 Å². The van der Waals surface area contributed by atoms with Crippen molar-refractivity contribution in [2.75, 3.05) is 24.7 Å². The molecule has 0 bridgehead atoms. The molecule has 2 aliphatic heterocycles. The fraction of sp³-hybridized carbons (Fsp3) is 0.714. The number of hydrogen-bond donors (Lipinski definition) is 1. The lowest BCUT2D eigenvalue weighted by atomic mass is 10.2. The van der Waals surface area contributed by atoms with Crippen molar-refractivity contribution in [2.45, 2.75) is 38.3 Å². The van der Waals surface area contributed by atoms with Crippen LogP contribution in [0.15, 0.2) is 6.07 Å². The van der Waals surface area contributed by atoms with Gasteiger partial charge in [0.25, 0.3) is 5.91 Å². The van der Waals surface area contributed by atoms with Gasteiger partial charge in [-0.3, -0.25) is 9.48 Å². The Morgan fingerprint density at radius 3 is 2.95 bits per heavy atom. The van der Waals surface area contributed by atoms with E-state index in [1.54, 1.807) is 10.7 Å². The highest BCUT2D eigenvalue weighted by molar-refractivity contribution is 7.91. The lowest BCUT2D eigenvalue weighted by Crippen LogP contribution is -2.32. The monoisotopic (exact) mass is 327 g/mol. The van der Waals surface area contributed by atoms with Crippen molar-refractivity contribution in [3.05, 3.63) is 17.5 Å². The summed E-state index contributed by atoms with van der Waals surface area (Å²) in [6, 6.07) is 1.54. The molecule has 1 aromatic rings. The van der Waals surface area contributed by atoms with Crippen molar-refractivity contribution in [3.8, 4) is 0 Å². The van der Waals surface area contributed by atoms with Gasteiger partial charge < -0.3 is 10.1 Å². The molecule has 7 nitrogen and oxygen atoms in total. The molecule has 0 saturated carbocycles. The second-order valence-electron chi connectivity index (χ2n) is 6.02. The molecule has 122 valence electrons. The minimum Gasteiger partial charge on any atom is -0.376 e. The maximum atomic E-state index is 12.1. The average molecular weight is 327 g/mol. The Bertz CT molecular complexity index is 662. The van der Waals surface area contributed by atoms with Gasteiger partial charge in [0.2, 0.25) is 0 Å². The summed E-state index contributed by atoms with van der Waals surface area (Å²) in [5.74, 6) is 0.0579. The van der Waals surface area contributed by atoms with Gasteiger partial charge in [-0.25, -0.2) is 8.42 Å². The molecule has 2 aliphatic rings. The van der Waals surface area contributed by atoms with Crippen LogP contribution < -0.4 is 5.32 Å². The van der Waals surface area contributed by atoms with E-state index >= 15 is 0 Å². The number of rotatable bonds is 4. The molecular formula is C14H21N3O4S. The van der Waals surface area contributed by atoms with E-state index in [1.807, 2.05) is 6.92 Å². The van der Waals surface area contributed by atoms with Gasteiger partial charge in [-0.15, -0.1) is 0 Å². The smallest absolute Gasteiger partial charge is 0.271 e. The number of aryl methyl sites for hydroxylation is 1. The van der Waals surface area contributed by atoms with Crippen LogP contribution in [0.4, 0.5) is 0 Å². The molecule has 2 fully saturated rings. The molecule has 2 atom stereocenters. The lowest BCUT2D eigenvalue weighted by Gasteiger charge is -2.11. The van der Waals surface area contributed by atoms with E-state index in [2.05, 4.69) is 10.4 Å². The van der Waals surface area contributed by atoms with E-state index in [4.69, 9.17) is 4.74 Å². The van der Waals surface area contributed by atoms with E-state index in [1.165, 1.54) is 0 Å². The Kier molecular flexibility index (Phi) is 4.22. The maximum absolute atomic E-state index is 12.1. The second kappa shape index (κ2) is 6.00. The molecule has 2 saturated heterocycles. The van der Waals surface area contributed by atoms with Gasteiger partial charge in [-0.05, 0) is 32.3 Å². The molecule has 3 heterocycles. The summed E-state index contributed by atoms with van der Waals surface area (Å²) in [6.07, 6.45) is 2.65. The fourth-order valence-corrected chi connectivity index (χ4v) is 4.73. The summed E-state index contributed by atoms with van der Waals surface area (Å²) in [5, 5.41) is 7.13. The zero-order valence-corrected chi connectivity index (χ0v) is 13.4. The third-order valence-corrected chi connectivity index (χ3v) is 5.97. The zero-order chi connectivity index (χ0) is 15.7. The lowest BCUT2D eigenvalue weighted by molar-refractivity contribution is 0.0853. The van der Waals surface area contributed by atoms with Crippen LogP contribution >= 0.6 is 0 Å². The number of aromatic nitrogens is 2. The SMILES string of the molecule is Cc1cc(C(=O)NCC2CCCO2)nn1C1CCS(=O)(=O)C1. The van der Waals surface area contributed by atoms with Crippen molar-refractivity contribution in [2.24, 2.45) is 0 Å². The first-order valence-electron chi connectivity index (χ1n) is 7.61. The summed E-state index contributed by atoms with van der Waals surface area (Å²) in [4.78, 5) is 12.1. The topological polar surface area (TPSA) is 90.3 Å². The molecular weight excluding hydrogens is 306 g/mol. The Labute approximate surface area is 129 Å². The van der Waals surface area contributed by atoms with E-state index in [0.717, 1.165) is 25.1 Å². The predicted molar refractivity (Wildman–Crippen MR) is 80.6 cm³/mol. The van der Waals surface area contributed by atoms with Crippen LogP contribution in [-0.4, -0.2) is 54.9 Å². The molecule has 0 aromatic carbocycles. The van der Waals surface area contributed by atoms with E-state index in [9.17, 15) is 13.2 Å². The van der Waals surface area contributed by atoms with E-state index < -0.39 is 9.84 Å². The molecule has 1 amide bonds. The molecule has 2 unspecified atom stereocenters. The number of hydrogen-bond acceptors (Lipinski definition) is 5. The Hall–Kier alpha value is -1.41. The highest BCUT2D eigenvalue weighted by Gasteiger charge is 2.31. The van der Waals surface area contributed by atoms with Crippen molar-refractivity contribution in [1.82, 2.24) is 15.1 Å². The van der Waals surface area contributed by atoms with Gasteiger partial charge in [0.1, 0.15) is 5.69 Å². The van der Waals surface area contributed by atoms with Crippen LogP contribution in [0.3, 0.4) is 0 Å². The van der Waals surface area contributed by atoms with Gasteiger partial charge >= 0.3 is 0 Å².